The van der Waals surface area contributed by atoms with Crippen LogP contribution in [0.2, 0.25) is 0 Å². The van der Waals surface area contributed by atoms with Gasteiger partial charge in [0, 0.05) is 0 Å². The van der Waals surface area contributed by atoms with Crippen molar-refractivity contribution >= 4 is 11.9 Å². The second-order valence-corrected chi connectivity index (χ2v) is 5.20. The molecule has 0 aromatic rings. The van der Waals surface area contributed by atoms with Crippen molar-refractivity contribution in [2.75, 3.05) is 13.2 Å². The second-order valence-electron chi connectivity index (χ2n) is 5.20. The average molecular weight is 256 g/mol. The Balaban J connectivity index is 4.89. The fourth-order valence-corrected chi connectivity index (χ4v) is 1.18. The van der Waals surface area contributed by atoms with E-state index in [9.17, 15) is 9.59 Å². The highest BCUT2D eigenvalue weighted by Crippen LogP contribution is 2.19. The number of ether oxygens (including phenoxy) is 2. The van der Waals surface area contributed by atoms with E-state index in [1.54, 1.807) is 6.08 Å². The van der Waals surface area contributed by atoms with E-state index >= 15 is 0 Å². The van der Waals surface area contributed by atoms with E-state index in [1.807, 2.05) is 34.6 Å². The molecule has 104 valence electrons. The predicted molar refractivity (Wildman–Crippen MR) is 70.0 cm³/mol. The first-order valence-corrected chi connectivity index (χ1v) is 6.39. The lowest BCUT2D eigenvalue weighted by atomic mass is 9.93. The molecule has 0 heterocycles. The van der Waals surface area contributed by atoms with Crippen LogP contribution in [0.5, 0.6) is 0 Å². The van der Waals surface area contributed by atoms with Crippen LogP contribution in [0.25, 0.3) is 0 Å². The van der Waals surface area contributed by atoms with Gasteiger partial charge in [-0.15, -0.1) is 0 Å². The number of hydrogen-bond donors (Lipinski definition) is 0. The molecular formula is C14H24O4. The summed E-state index contributed by atoms with van der Waals surface area (Å²) in [5.74, 6) is -1.21. The summed E-state index contributed by atoms with van der Waals surface area (Å²) in [5.41, 5.74) is -0.296. The fraction of sp³-hybridized carbons (Fsp3) is 0.714. The first-order valence-electron chi connectivity index (χ1n) is 6.39. The molecule has 18 heavy (non-hydrogen) atoms. The summed E-state index contributed by atoms with van der Waals surface area (Å²) in [7, 11) is 0. The summed E-state index contributed by atoms with van der Waals surface area (Å²) in [4.78, 5) is 23.6. The minimum atomic E-state index is -0.604. The molecule has 0 N–H and O–H groups in total. The normalized spacial score (nSPS) is 10.7. The Kier molecular flexibility index (Phi) is 7.32. The van der Waals surface area contributed by atoms with E-state index in [0.29, 0.717) is 13.2 Å². The van der Waals surface area contributed by atoms with Crippen molar-refractivity contribution < 1.29 is 19.1 Å². The Morgan fingerprint density at radius 2 is 1.33 bits per heavy atom. The van der Waals surface area contributed by atoms with Crippen LogP contribution in [-0.2, 0) is 19.1 Å². The zero-order valence-electron chi connectivity index (χ0n) is 12.0. The van der Waals surface area contributed by atoms with E-state index in [1.165, 1.54) is 0 Å². The summed E-state index contributed by atoms with van der Waals surface area (Å²) < 4.78 is 9.98. The molecule has 4 nitrogen and oxygen atoms in total. The Hall–Kier alpha value is -1.32. The molecule has 0 bridgehead atoms. The van der Waals surface area contributed by atoms with Gasteiger partial charge in [-0.1, -0.05) is 40.7 Å². The zero-order chi connectivity index (χ0) is 14.2. The molecule has 0 spiro atoms. The number of esters is 2. The average Bonchev–Trinajstić information content (AvgIpc) is 2.28. The van der Waals surface area contributed by atoms with Gasteiger partial charge in [-0.05, 0) is 18.3 Å². The molecule has 0 saturated carbocycles. The first kappa shape index (κ1) is 16.7. The Labute approximate surface area is 109 Å². The third-order valence-corrected chi connectivity index (χ3v) is 1.89. The van der Waals surface area contributed by atoms with Crippen LogP contribution in [0.15, 0.2) is 11.6 Å². The van der Waals surface area contributed by atoms with Gasteiger partial charge in [-0.2, -0.15) is 0 Å². The topological polar surface area (TPSA) is 52.6 Å². The molecule has 0 radical (unpaired) electrons. The molecule has 0 amide bonds. The number of carbonyl (C=O) groups excluding carboxylic acids is 2. The maximum atomic E-state index is 11.8. The van der Waals surface area contributed by atoms with Crippen molar-refractivity contribution in [1.82, 2.24) is 0 Å². The molecule has 0 aliphatic carbocycles. The largest absolute Gasteiger partial charge is 0.462 e. The minimum Gasteiger partial charge on any atom is -0.462 e. The molecule has 0 aliphatic rings. The van der Waals surface area contributed by atoms with Crippen molar-refractivity contribution in [3.8, 4) is 0 Å². The van der Waals surface area contributed by atoms with E-state index in [2.05, 4.69) is 0 Å². The van der Waals surface area contributed by atoms with Crippen LogP contribution < -0.4 is 0 Å². The maximum Gasteiger partial charge on any atom is 0.345 e. The van der Waals surface area contributed by atoms with E-state index in [-0.39, 0.29) is 11.0 Å². The molecule has 0 atom stereocenters. The molecule has 4 heteroatoms. The van der Waals surface area contributed by atoms with Crippen LogP contribution in [0.4, 0.5) is 0 Å². The van der Waals surface area contributed by atoms with Crippen molar-refractivity contribution in [2.45, 2.75) is 47.5 Å². The Morgan fingerprint density at radius 1 is 0.944 bits per heavy atom. The highest BCUT2D eigenvalue weighted by molar-refractivity contribution is 6.14. The van der Waals surface area contributed by atoms with Gasteiger partial charge in [0.1, 0.15) is 5.57 Å². The maximum absolute atomic E-state index is 11.8. The molecule has 0 aliphatic heterocycles. The predicted octanol–water partition coefficient (Wildman–Crippen LogP) is 2.87. The lowest BCUT2D eigenvalue weighted by Gasteiger charge is -2.15. The third-order valence-electron chi connectivity index (χ3n) is 1.89. The van der Waals surface area contributed by atoms with Crippen LogP contribution in [0.1, 0.15) is 47.5 Å². The van der Waals surface area contributed by atoms with E-state index in [4.69, 9.17) is 9.47 Å². The van der Waals surface area contributed by atoms with Gasteiger partial charge in [0.05, 0.1) is 13.2 Å². The number of allylic oxidation sites excluding steroid dienone is 1. The van der Waals surface area contributed by atoms with Crippen LogP contribution in [0, 0.1) is 5.41 Å². The van der Waals surface area contributed by atoms with Crippen molar-refractivity contribution in [2.24, 2.45) is 5.41 Å². The molecule has 0 rings (SSSR count). The summed E-state index contributed by atoms with van der Waals surface area (Å²) in [5, 5.41) is 0. The highest BCUT2D eigenvalue weighted by atomic mass is 16.6. The van der Waals surface area contributed by atoms with Gasteiger partial charge in [0.25, 0.3) is 0 Å². The number of rotatable bonds is 6. The summed E-state index contributed by atoms with van der Waals surface area (Å²) >= 11 is 0. The van der Waals surface area contributed by atoms with Gasteiger partial charge in [-0.25, -0.2) is 9.59 Å². The minimum absolute atomic E-state index is 0.00981. The molecule has 0 unspecified atom stereocenters. The molecule has 0 aromatic heterocycles. The standard InChI is InChI=1S/C14H24O4/c1-6-8-17-12(15)11(10-14(3,4)5)13(16)18-9-7-2/h10H,6-9H2,1-5H3. The molecule has 0 aromatic carbocycles. The Morgan fingerprint density at radius 3 is 1.61 bits per heavy atom. The monoisotopic (exact) mass is 256 g/mol. The fourth-order valence-electron chi connectivity index (χ4n) is 1.18. The van der Waals surface area contributed by atoms with Gasteiger partial charge in [0.15, 0.2) is 0 Å². The summed E-state index contributed by atoms with van der Waals surface area (Å²) in [6.45, 7) is 10.1. The molecule has 0 saturated heterocycles. The first-order chi connectivity index (χ1) is 8.31. The van der Waals surface area contributed by atoms with Gasteiger partial charge >= 0.3 is 11.9 Å². The van der Waals surface area contributed by atoms with Crippen molar-refractivity contribution in [3.05, 3.63) is 11.6 Å². The Bertz CT molecular complexity index is 288. The van der Waals surface area contributed by atoms with Crippen molar-refractivity contribution in [3.63, 3.8) is 0 Å². The van der Waals surface area contributed by atoms with Crippen LogP contribution >= 0.6 is 0 Å². The van der Waals surface area contributed by atoms with E-state index in [0.717, 1.165) is 12.8 Å². The molecular weight excluding hydrogens is 232 g/mol. The lowest BCUT2D eigenvalue weighted by Crippen LogP contribution is -2.21. The smallest absolute Gasteiger partial charge is 0.345 e. The van der Waals surface area contributed by atoms with Gasteiger partial charge in [-0.3, -0.25) is 0 Å². The second kappa shape index (κ2) is 7.90. The van der Waals surface area contributed by atoms with Gasteiger partial charge in [0.2, 0.25) is 0 Å². The zero-order valence-corrected chi connectivity index (χ0v) is 12.0. The van der Waals surface area contributed by atoms with Crippen LogP contribution in [0.3, 0.4) is 0 Å². The quantitative estimate of drug-likeness (QED) is 0.317. The van der Waals surface area contributed by atoms with Crippen molar-refractivity contribution in [1.29, 1.82) is 0 Å². The SMILES string of the molecule is CCCOC(=O)C(=CC(C)(C)C)C(=O)OCCC. The van der Waals surface area contributed by atoms with Gasteiger partial charge < -0.3 is 9.47 Å². The number of hydrogen-bond acceptors (Lipinski definition) is 4. The lowest BCUT2D eigenvalue weighted by molar-refractivity contribution is -0.147. The van der Waals surface area contributed by atoms with E-state index < -0.39 is 11.9 Å². The third kappa shape index (κ3) is 7.09. The van der Waals surface area contributed by atoms with Crippen LogP contribution in [-0.4, -0.2) is 25.2 Å². The molecule has 0 fully saturated rings. The number of carbonyl (C=O) groups is 2. The summed E-state index contributed by atoms with van der Waals surface area (Å²) in [6.07, 6.45) is 3.04. The summed E-state index contributed by atoms with van der Waals surface area (Å²) in [6, 6.07) is 0. The highest BCUT2D eigenvalue weighted by Gasteiger charge is 2.24.